The van der Waals surface area contributed by atoms with Gasteiger partial charge in [0.25, 0.3) is 5.56 Å². The molecule has 1 aromatic carbocycles. The predicted molar refractivity (Wildman–Crippen MR) is 95.9 cm³/mol. The summed E-state index contributed by atoms with van der Waals surface area (Å²) in [6, 6.07) is 7.77. The molecule has 1 aliphatic carbocycles. The molecule has 0 aliphatic heterocycles. The monoisotopic (exact) mass is 339 g/mol. The van der Waals surface area contributed by atoms with E-state index in [-0.39, 0.29) is 17.7 Å². The molecule has 0 unspecified atom stereocenters. The molecule has 25 heavy (non-hydrogen) atoms. The average molecular weight is 339 g/mol. The van der Waals surface area contributed by atoms with Gasteiger partial charge in [-0.15, -0.1) is 0 Å². The fraction of sp³-hybridized carbons (Fsp3) is 0.368. The highest BCUT2D eigenvalue weighted by molar-refractivity contribution is 5.83. The van der Waals surface area contributed by atoms with E-state index in [4.69, 9.17) is 4.74 Å². The van der Waals surface area contributed by atoms with Crippen LogP contribution >= 0.6 is 0 Å². The Labute approximate surface area is 145 Å². The molecule has 1 saturated carbocycles. The summed E-state index contributed by atoms with van der Waals surface area (Å²) in [6.45, 7) is 0. The molecule has 2 heterocycles. The van der Waals surface area contributed by atoms with E-state index in [1.165, 1.54) is 0 Å². The van der Waals surface area contributed by atoms with Gasteiger partial charge in [-0.25, -0.2) is 4.98 Å². The lowest BCUT2D eigenvalue weighted by Gasteiger charge is -2.27. The maximum atomic E-state index is 12.6. The number of aromatic amines is 1. The highest BCUT2D eigenvalue weighted by Crippen LogP contribution is 2.32. The van der Waals surface area contributed by atoms with E-state index >= 15 is 0 Å². The van der Waals surface area contributed by atoms with Gasteiger partial charge in [-0.05, 0) is 49.3 Å². The standard InChI is InChI=1S/C19H21N3O3/c1-25-15-7-2-12-10-16(19(24)21-17(12)11-15)18-20-8-9-22(18)13-3-5-14(23)6-4-13/h2,7-11,13-14,23H,3-6H2,1H3,(H,21,24). The smallest absolute Gasteiger partial charge is 0.259 e. The summed E-state index contributed by atoms with van der Waals surface area (Å²) in [6.07, 6.45) is 6.82. The molecule has 0 atom stereocenters. The van der Waals surface area contributed by atoms with Crippen LogP contribution in [0.5, 0.6) is 5.75 Å². The van der Waals surface area contributed by atoms with Gasteiger partial charge >= 0.3 is 0 Å². The fourth-order valence-electron chi connectivity index (χ4n) is 3.63. The van der Waals surface area contributed by atoms with E-state index < -0.39 is 0 Å². The van der Waals surface area contributed by atoms with Crippen molar-refractivity contribution in [3.63, 3.8) is 0 Å². The number of H-pyrrole nitrogens is 1. The number of aliphatic hydroxyl groups excluding tert-OH is 1. The summed E-state index contributed by atoms with van der Waals surface area (Å²) in [7, 11) is 1.60. The highest BCUT2D eigenvalue weighted by atomic mass is 16.5. The van der Waals surface area contributed by atoms with Crippen molar-refractivity contribution in [2.75, 3.05) is 7.11 Å². The van der Waals surface area contributed by atoms with Crippen molar-refractivity contribution in [3.05, 3.63) is 47.0 Å². The quantitative estimate of drug-likeness (QED) is 0.769. The third kappa shape index (κ3) is 2.93. The molecule has 0 amide bonds. The van der Waals surface area contributed by atoms with Gasteiger partial charge in [-0.2, -0.15) is 0 Å². The number of aromatic nitrogens is 3. The number of methoxy groups -OCH3 is 1. The second-order valence-corrected chi connectivity index (χ2v) is 6.59. The van der Waals surface area contributed by atoms with Gasteiger partial charge in [0, 0.05) is 24.5 Å². The molecule has 2 N–H and O–H groups in total. The minimum Gasteiger partial charge on any atom is -0.497 e. The van der Waals surface area contributed by atoms with Crippen LogP contribution in [-0.4, -0.2) is 32.9 Å². The van der Waals surface area contributed by atoms with Crippen LogP contribution in [0.3, 0.4) is 0 Å². The second-order valence-electron chi connectivity index (χ2n) is 6.59. The van der Waals surface area contributed by atoms with Crippen molar-refractivity contribution in [1.29, 1.82) is 0 Å². The number of benzene rings is 1. The number of nitrogens with one attached hydrogen (secondary N) is 1. The molecule has 6 nitrogen and oxygen atoms in total. The molecule has 0 radical (unpaired) electrons. The van der Waals surface area contributed by atoms with Crippen molar-refractivity contribution in [1.82, 2.24) is 14.5 Å². The molecule has 0 spiro atoms. The van der Waals surface area contributed by atoms with Gasteiger partial charge in [-0.1, -0.05) is 0 Å². The number of hydrogen-bond donors (Lipinski definition) is 2. The van der Waals surface area contributed by atoms with Crippen molar-refractivity contribution < 1.29 is 9.84 Å². The Morgan fingerprint density at radius 1 is 1.24 bits per heavy atom. The van der Waals surface area contributed by atoms with E-state index in [0.29, 0.717) is 17.1 Å². The average Bonchev–Trinajstić information content (AvgIpc) is 3.10. The molecule has 1 aliphatic rings. The van der Waals surface area contributed by atoms with E-state index in [0.717, 1.165) is 36.6 Å². The molecule has 0 bridgehead atoms. The Hall–Kier alpha value is -2.60. The lowest BCUT2D eigenvalue weighted by molar-refractivity contribution is 0.111. The first kappa shape index (κ1) is 15.9. The molecule has 3 aromatic rings. The Kier molecular flexibility index (Phi) is 4.05. The van der Waals surface area contributed by atoms with Crippen LogP contribution in [0.15, 0.2) is 41.5 Å². The van der Waals surface area contributed by atoms with Gasteiger partial charge < -0.3 is 19.4 Å². The van der Waals surface area contributed by atoms with Crippen molar-refractivity contribution >= 4 is 10.9 Å². The Morgan fingerprint density at radius 3 is 2.80 bits per heavy atom. The molecule has 130 valence electrons. The molecule has 1 fully saturated rings. The number of ether oxygens (including phenoxy) is 1. The van der Waals surface area contributed by atoms with Crippen molar-refractivity contribution in [2.24, 2.45) is 0 Å². The van der Waals surface area contributed by atoms with E-state index in [1.807, 2.05) is 30.5 Å². The zero-order valence-corrected chi connectivity index (χ0v) is 14.1. The van der Waals surface area contributed by atoms with E-state index in [2.05, 4.69) is 14.5 Å². The molecule has 6 heteroatoms. The number of fused-ring (bicyclic) bond motifs is 1. The minimum atomic E-state index is -0.206. The number of pyridine rings is 1. The molecular weight excluding hydrogens is 318 g/mol. The number of aliphatic hydroxyl groups is 1. The van der Waals surface area contributed by atoms with Gasteiger partial charge in [0.2, 0.25) is 0 Å². The Balaban J connectivity index is 1.76. The minimum absolute atomic E-state index is 0.163. The van der Waals surface area contributed by atoms with Crippen LogP contribution in [0.1, 0.15) is 31.7 Å². The highest BCUT2D eigenvalue weighted by Gasteiger charge is 2.23. The summed E-state index contributed by atoms with van der Waals surface area (Å²) in [5.41, 5.74) is 1.14. The summed E-state index contributed by atoms with van der Waals surface area (Å²) in [5, 5.41) is 10.7. The van der Waals surface area contributed by atoms with E-state index in [1.54, 1.807) is 13.3 Å². The zero-order valence-electron chi connectivity index (χ0n) is 14.1. The predicted octanol–water partition coefficient (Wildman–Crippen LogP) is 2.88. The number of rotatable bonds is 3. The lowest BCUT2D eigenvalue weighted by Crippen LogP contribution is -2.22. The largest absolute Gasteiger partial charge is 0.497 e. The molecule has 0 saturated heterocycles. The molecular formula is C19H21N3O3. The summed E-state index contributed by atoms with van der Waals surface area (Å²) < 4.78 is 7.29. The summed E-state index contributed by atoms with van der Waals surface area (Å²) in [4.78, 5) is 20.0. The maximum Gasteiger partial charge on any atom is 0.259 e. The van der Waals surface area contributed by atoms with Crippen LogP contribution in [-0.2, 0) is 0 Å². The first-order chi connectivity index (χ1) is 12.2. The first-order valence-electron chi connectivity index (χ1n) is 8.58. The second kappa shape index (κ2) is 6.37. The zero-order chi connectivity index (χ0) is 17.4. The van der Waals surface area contributed by atoms with E-state index in [9.17, 15) is 9.90 Å². The van der Waals surface area contributed by atoms with Gasteiger partial charge in [-0.3, -0.25) is 4.79 Å². The summed E-state index contributed by atoms with van der Waals surface area (Å²) >= 11 is 0. The van der Waals surface area contributed by atoms with Crippen LogP contribution in [0.25, 0.3) is 22.3 Å². The third-order valence-corrected chi connectivity index (χ3v) is 5.02. The number of nitrogens with zero attached hydrogens (tertiary/aromatic N) is 2. The maximum absolute atomic E-state index is 12.6. The van der Waals surface area contributed by atoms with Crippen molar-refractivity contribution in [3.8, 4) is 17.1 Å². The Morgan fingerprint density at radius 2 is 2.04 bits per heavy atom. The van der Waals surface area contributed by atoms with Crippen LogP contribution < -0.4 is 10.3 Å². The number of hydrogen-bond acceptors (Lipinski definition) is 4. The fourth-order valence-corrected chi connectivity index (χ4v) is 3.63. The van der Waals surface area contributed by atoms with Crippen LogP contribution in [0.2, 0.25) is 0 Å². The van der Waals surface area contributed by atoms with Gasteiger partial charge in [0.1, 0.15) is 11.6 Å². The van der Waals surface area contributed by atoms with Gasteiger partial charge in [0.15, 0.2) is 0 Å². The SMILES string of the molecule is COc1ccc2cc(-c3nccn3C3CCC(O)CC3)c(=O)[nH]c2c1. The normalized spacial score (nSPS) is 20.7. The van der Waals surface area contributed by atoms with Gasteiger partial charge in [0.05, 0.1) is 24.3 Å². The molecule has 4 rings (SSSR count). The van der Waals surface area contributed by atoms with Crippen LogP contribution in [0, 0.1) is 0 Å². The third-order valence-electron chi connectivity index (χ3n) is 5.02. The topological polar surface area (TPSA) is 80.1 Å². The number of imidazole rings is 1. The lowest BCUT2D eigenvalue weighted by atomic mass is 9.93. The molecule has 2 aromatic heterocycles. The Bertz CT molecular complexity index is 952. The first-order valence-corrected chi connectivity index (χ1v) is 8.58. The van der Waals surface area contributed by atoms with Crippen molar-refractivity contribution in [2.45, 2.75) is 37.8 Å². The van der Waals surface area contributed by atoms with Crippen LogP contribution in [0.4, 0.5) is 0 Å². The summed E-state index contributed by atoms with van der Waals surface area (Å²) in [5.74, 6) is 1.39.